The second kappa shape index (κ2) is 3.99. The SMILES string of the molecule is N#Cc1c(-c2cccs2)nc2cccc(Br)n12. The Hall–Kier alpha value is -1.64. The van der Waals surface area contributed by atoms with Gasteiger partial charge >= 0.3 is 0 Å². The fourth-order valence-corrected chi connectivity index (χ4v) is 2.97. The summed E-state index contributed by atoms with van der Waals surface area (Å²) in [6.45, 7) is 0. The fraction of sp³-hybridized carbons (Fsp3) is 0. The molecule has 5 heteroatoms. The average Bonchev–Trinajstić information content (AvgIpc) is 2.95. The Morgan fingerprint density at radius 2 is 2.18 bits per heavy atom. The van der Waals surface area contributed by atoms with Gasteiger partial charge in [-0.2, -0.15) is 5.26 Å². The molecule has 0 aliphatic carbocycles. The van der Waals surface area contributed by atoms with Gasteiger partial charge in [-0.3, -0.25) is 4.40 Å². The van der Waals surface area contributed by atoms with Crippen molar-refractivity contribution in [2.24, 2.45) is 0 Å². The molecule has 0 saturated heterocycles. The van der Waals surface area contributed by atoms with Crippen LogP contribution in [0.2, 0.25) is 0 Å². The van der Waals surface area contributed by atoms with E-state index in [1.807, 2.05) is 40.1 Å². The second-order valence-corrected chi connectivity index (χ2v) is 5.20. The third-order valence-corrected chi connectivity index (χ3v) is 3.95. The fourth-order valence-electron chi connectivity index (χ4n) is 1.74. The predicted molar refractivity (Wildman–Crippen MR) is 70.9 cm³/mol. The summed E-state index contributed by atoms with van der Waals surface area (Å²) in [4.78, 5) is 5.52. The van der Waals surface area contributed by atoms with Crippen LogP contribution < -0.4 is 0 Å². The van der Waals surface area contributed by atoms with Crippen LogP contribution in [0.25, 0.3) is 16.2 Å². The number of imidazole rings is 1. The van der Waals surface area contributed by atoms with Gasteiger partial charge in [0.2, 0.25) is 0 Å². The highest BCUT2D eigenvalue weighted by Gasteiger charge is 2.15. The van der Waals surface area contributed by atoms with E-state index < -0.39 is 0 Å². The number of rotatable bonds is 1. The van der Waals surface area contributed by atoms with Crippen LogP contribution in [0.4, 0.5) is 0 Å². The van der Waals surface area contributed by atoms with E-state index in [-0.39, 0.29) is 0 Å². The summed E-state index contributed by atoms with van der Waals surface area (Å²) in [6, 6.07) is 11.9. The lowest BCUT2D eigenvalue weighted by molar-refractivity contribution is 1.11. The normalized spacial score (nSPS) is 10.6. The van der Waals surface area contributed by atoms with Crippen molar-refractivity contribution in [3.8, 4) is 16.6 Å². The van der Waals surface area contributed by atoms with Gasteiger partial charge in [-0.15, -0.1) is 11.3 Å². The second-order valence-electron chi connectivity index (χ2n) is 3.44. The molecule has 3 nitrogen and oxygen atoms in total. The van der Waals surface area contributed by atoms with Crippen LogP contribution >= 0.6 is 27.3 Å². The summed E-state index contributed by atoms with van der Waals surface area (Å²) < 4.78 is 2.65. The number of hydrogen-bond acceptors (Lipinski definition) is 3. The van der Waals surface area contributed by atoms with Gasteiger partial charge in [0.25, 0.3) is 0 Å². The van der Waals surface area contributed by atoms with E-state index in [1.165, 1.54) is 0 Å². The average molecular weight is 304 g/mol. The van der Waals surface area contributed by atoms with Crippen LogP contribution in [0.3, 0.4) is 0 Å². The number of aromatic nitrogens is 2. The van der Waals surface area contributed by atoms with Crippen LogP contribution in [0.1, 0.15) is 5.69 Å². The van der Waals surface area contributed by atoms with Gasteiger partial charge in [0.1, 0.15) is 17.4 Å². The molecule has 0 spiro atoms. The molecule has 3 aromatic heterocycles. The van der Waals surface area contributed by atoms with Gasteiger partial charge in [-0.1, -0.05) is 12.1 Å². The van der Waals surface area contributed by atoms with Crippen molar-refractivity contribution < 1.29 is 0 Å². The van der Waals surface area contributed by atoms with E-state index in [4.69, 9.17) is 0 Å². The number of pyridine rings is 1. The number of nitrogens with zero attached hydrogens (tertiary/aromatic N) is 3. The monoisotopic (exact) mass is 303 g/mol. The predicted octanol–water partition coefficient (Wildman–Crippen LogP) is 3.70. The number of halogens is 1. The van der Waals surface area contributed by atoms with E-state index in [9.17, 15) is 5.26 Å². The van der Waals surface area contributed by atoms with Gasteiger partial charge < -0.3 is 0 Å². The summed E-state index contributed by atoms with van der Waals surface area (Å²) in [5.74, 6) is 0. The number of fused-ring (bicyclic) bond motifs is 1. The molecular formula is C12H6BrN3S. The van der Waals surface area contributed by atoms with Gasteiger partial charge in [0, 0.05) is 0 Å². The van der Waals surface area contributed by atoms with Crippen molar-refractivity contribution in [3.05, 3.63) is 46.0 Å². The molecule has 0 aliphatic heterocycles. The molecule has 0 N–H and O–H groups in total. The minimum absolute atomic E-state index is 0.565. The molecule has 0 unspecified atom stereocenters. The Bertz CT molecular complexity index is 722. The Labute approximate surface area is 110 Å². The van der Waals surface area contributed by atoms with E-state index in [2.05, 4.69) is 27.0 Å². The zero-order valence-corrected chi connectivity index (χ0v) is 11.0. The van der Waals surface area contributed by atoms with Crippen LogP contribution in [-0.4, -0.2) is 9.38 Å². The summed E-state index contributed by atoms with van der Waals surface area (Å²) in [6.07, 6.45) is 0. The highest BCUT2D eigenvalue weighted by Crippen LogP contribution is 2.29. The molecule has 0 atom stereocenters. The summed E-state index contributed by atoms with van der Waals surface area (Å²) in [5, 5.41) is 11.3. The van der Waals surface area contributed by atoms with Gasteiger partial charge in [-0.25, -0.2) is 4.98 Å². The number of hydrogen-bond donors (Lipinski definition) is 0. The van der Waals surface area contributed by atoms with Crippen molar-refractivity contribution in [2.45, 2.75) is 0 Å². The minimum atomic E-state index is 0.565. The molecule has 0 fully saturated rings. The topological polar surface area (TPSA) is 41.1 Å². The van der Waals surface area contributed by atoms with E-state index in [0.29, 0.717) is 5.69 Å². The maximum Gasteiger partial charge on any atom is 0.154 e. The largest absolute Gasteiger partial charge is 0.277 e. The number of nitriles is 1. The van der Waals surface area contributed by atoms with Crippen LogP contribution in [0.15, 0.2) is 40.3 Å². The van der Waals surface area contributed by atoms with Crippen molar-refractivity contribution in [1.29, 1.82) is 5.26 Å². The molecule has 0 saturated carbocycles. The smallest absolute Gasteiger partial charge is 0.154 e. The summed E-state index contributed by atoms with van der Waals surface area (Å²) in [7, 11) is 0. The highest BCUT2D eigenvalue weighted by molar-refractivity contribution is 9.10. The molecular weight excluding hydrogens is 298 g/mol. The summed E-state index contributed by atoms with van der Waals surface area (Å²) >= 11 is 5.02. The van der Waals surface area contributed by atoms with Crippen LogP contribution in [0.5, 0.6) is 0 Å². The van der Waals surface area contributed by atoms with Crippen molar-refractivity contribution in [3.63, 3.8) is 0 Å². The first-order chi connectivity index (χ1) is 8.31. The first kappa shape index (κ1) is 10.5. The lowest BCUT2D eigenvalue weighted by Gasteiger charge is -1.97. The van der Waals surface area contributed by atoms with E-state index >= 15 is 0 Å². The molecule has 0 bridgehead atoms. The molecule has 3 aromatic rings. The van der Waals surface area contributed by atoms with Crippen molar-refractivity contribution in [2.75, 3.05) is 0 Å². The third kappa shape index (κ3) is 1.57. The van der Waals surface area contributed by atoms with Crippen LogP contribution in [-0.2, 0) is 0 Å². The Morgan fingerprint density at radius 1 is 1.29 bits per heavy atom. The zero-order valence-electron chi connectivity index (χ0n) is 8.59. The highest BCUT2D eigenvalue weighted by atomic mass is 79.9. The Morgan fingerprint density at radius 3 is 2.88 bits per heavy atom. The van der Waals surface area contributed by atoms with E-state index in [1.54, 1.807) is 11.3 Å². The molecule has 17 heavy (non-hydrogen) atoms. The molecule has 0 aromatic carbocycles. The van der Waals surface area contributed by atoms with Crippen molar-refractivity contribution >= 4 is 32.9 Å². The lowest BCUT2D eigenvalue weighted by Crippen LogP contribution is -1.90. The molecule has 3 rings (SSSR count). The van der Waals surface area contributed by atoms with Crippen molar-refractivity contribution in [1.82, 2.24) is 9.38 Å². The van der Waals surface area contributed by atoms with Crippen LogP contribution in [0, 0.1) is 11.3 Å². The number of thiophene rings is 1. The van der Waals surface area contributed by atoms with Gasteiger partial charge in [0.15, 0.2) is 5.69 Å². The minimum Gasteiger partial charge on any atom is -0.277 e. The quantitative estimate of drug-likeness (QED) is 0.643. The standard InChI is InChI=1S/C12H6BrN3S/c13-10-4-1-5-11-15-12(8(7-14)16(10)11)9-3-2-6-17-9/h1-6H. The molecule has 0 aliphatic rings. The summed E-state index contributed by atoms with van der Waals surface area (Å²) in [5.41, 5.74) is 2.09. The third-order valence-electron chi connectivity index (χ3n) is 2.46. The first-order valence-electron chi connectivity index (χ1n) is 4.92. The molecule has 3 heterocycles. The molecule has 0 radical (unpaired) electrons. The maximum absolute atomic E-state index is 9.30. The molecule has 82 valence electrons. The van der Waals surface area contributed by atoms with E-state index in [0.717, 1.165) is 20.8 Å². The molecule has 0 amide bonds. The zero-order chi connectivity index (χ0) is 11.8. The Kier molecular flexibility index (Phi) is 2.46. The Balaban J connectivity index is 2.42. The van der Waals surface area contributed by atoms with Gasteiger partial charge in [0.05, 0.1) is 9.48 Å². The lowest BCUT2D eigenvalue weighted by atomic mass is 10.3. The first-order valence-corrected chi connectivity index (χ1v) is 6.59. The maximum atomic E-state index is 9.30. The van der Waals surface area contributed by atoms with Gasteiger partial charge in [-0.05, 0) is 39.5 Å².